The van der Waals surface area contributed by atoms with Crippen molar-refractivity contribution >= 4 is 5.97 Å². The summed E-state index contributed by atoms with van der Waals surface area (Å²) in [6.07, 6.45) is 2.53. The Bertz CT molecular complexity index is 412. The number of esters is 1. The number of fused-ring (bicyclic) bond motifs is 1. The summed E-state index contributed by atoms with van der Waals surface area (Å²) in [5.74, 6) is 2.36. The van der Waals surface area contributed by atoms with Crippen molar-refractivity contribution in [2.24, 2.45) is 11.8 Å². The third kappa shape index (κ3) is 2.48. The molecule has 0 amide bonds. The van der Waals surface area contributed by atoms with Gasteiger partial charge in [0, 0.05) is 19.4 Å². The van der Waals surface area contributed by atoms with Gasteiger partial charge in [-0.2, -0.15) is 0 Å². The Morgan fingerprint density at radius 3 is 2.94 bits per heavy atom. The van der Waals surface area contributed by atoms with E-state index in [0.29, 0.717) is 12.5 Å². The van der Waals surface area contributed by atoms with Crippen LogP contribution in [0.5, 0.6) is 0 Å². The highest BCUT2D eigenvalue weighted by molar-refractivity contribution is 5.72. The fourth-order valence-corrected chi connectivity index (χ4v) is 2.26. The summed E-state index contributed by atoms with van der Waals surface area (Å²) in [7, 11) is 1.44. The number of carbonyl (C=O) groups is 1. The van der Waals surface area contributed by atoms with Crippen LogP contribution in [0, 0.1) is 11.8 Å². The monoisotopic (exact) mass is 237 g/mol. The molecule has 0 radical (unpaired) electrons. The zero-order valence-electron chi connectivity index (χ0n) is 10.6. The number of ether oxygens (including phenoxy) is 1. The second kappa shape index (κ2) is 4.85. The van der Waals surface area contributed by atoms with Crippen LogP contribution < -0.4 is 0 Å². The van der Waals surface area contributed by atoms with Crippen molar-refractivity contribution in [1.82, 2.24) is 14.8 Å². The highest BCUT2D eigenvalue weighted by Crippen LogP contribution is 2.22. The molecule has 2 heterocycles. The Morgan fingerprint density at radius 2 is 2.29 bits per heavy atom. The van der Waals surface area contributed by atoms with Crippen LogP contribution in [-0.2, 0) is 28.9 Å². The van der Waals surface area contributed by atoms with Crippen LogP contribution in [0.4, 0.5) is 0 Å². The molecule has 1 aliphatic heterocycles. The molecule has 1 atom stereocenters. The van der Waals surface area contributed by atoms with Crippen molar-refractivity contribution in [2.45, 2.75) is 39.7 Å². The Kier molecular flexibility index (Phi) is 3.45. The van der Waals surface area contributed by atoms with E-state index in [0.717, 1.165) is 30.9 Å². The van der Waals surface area contributed by atoms with Crippen LogP contribution in [0.1, 0.15) is 31.9 Å². The van der Waals surface area contributed by atoms with E-state index in [2.05, 4.69) is 28.6 Å². The molecular formula is C12H19N3O2. The molecule has 1 unspecified atom stereocenters. The van der Waals surface area contributed by atoms with Gasteiger partial charge in [-0.3, -0.25) is 4.79 Å². The van der Waals surface area contributed by atoms with Gasteiger partial charge >= 0.3 is 5.97 Å². The van der Waals surface area contributed by atoms with E-state index in [9.17, 15) is 4.79 Å². The number of carbonyl (C=O) groups excluding carboxylic acids is 1. The Balaban J connectivity index is 2.17. The molecule has 0 aromatic carbocycles. The zero-order valence-corrected chi connectivity index (χ0v) is 10.6. The molecule has 0 spiro atoms. The number of aromatic nitrogens is 3. The topological polar surface area (TPSA) is 57.0 Å². The molecule has 0 fully saturated rings. The van der Waals surface area contributed by atoms with E-state index in [1.165, 1.54) is 7.11 Å². The largest absolute Gasteiger partial charge is 0.469 e. The van der Waals surface area contributed by atoms with Gasteiger partial charge in [-0.15, -0.1) is 10.2 Å². The van der Waals surface area contributed by atoms with Crippen LogP contribution in [0.25, 0.3) is 0 Å². The molecule has 5 heteroatoms. The first kappa shape index (κ1) is 12.1. The lowest BCUT2D eigenvalue weighted by molar-refractivity contribution is -0.146. The van der Waals surface area contributed by atoms with E-state index in [1.807, 2.05) is 0 Å². The normalized spacial score (nSPS) is 19.2. The van der Waals surface area contributed by atoms with Gasteiger partial charge < -0.3 is 9.30 Å². The maximum Gasteiger partial charge on any atom is 0.310 e. The summed E-state index contributed by atoms with van der Waals surface area (Å²) >= 11 is 0. The molecule has 17 heavy (non-hydrogen) atoms. The molecule has 1 aromatic rings. The van der Waals surface area contributed by atoms with Crippen LogP contribution >= 0.6 is 0 Å². The Hall–Kier alpha value is -1.39. The molecule has 0 saturated heterocycles. The van der Waals surface area contributed by atoms with Gasteiger partial charge in [0.15, 0.2) is 0 Å². The van der Waals surface area contributed by atoms with Gasteiger partial charge in [0.2, 0.25) is 0 Å². The average Bonchev–Trinajstić information content (AvgIpc) is 2.70. The second-order valence-corrected chi connectivity index (χ2v) is 5.00. The van der Waals surface area contributed by atoms with E-state index >= 15 is 0 Å². The average molecular weight is 237 g/mol. The summed E-state index contributed by atoms with van der Waals surface area (Å²) in [5.41, 5.74) is 0. The molecule has 94 valence electrons. The number of rotatable bonds is 3. The summed E-state index contributed by atoms with van der Waals surface area (Å²) in [6, 6.07) is 0. The molecule has 0 bridgehead atoms. The number of hydrogen-bond acceptors (Lipinski definition) is 4. The SMILES string of the molecule is COC(=O)C1CCc2nnc(CC(C)C)n2C1. The van der Waals surface area contributed by atoms with E-state index < -0.39 is 0 Å². The van der Waals surface area contributed by atoms with Crippen molar-refractivity contribution < 1.29 is 9.53 Å². The molecule has 0 N–H and O–H groups in total. The maximum absolute atomic E-state index is 11.6. The lowest BCUT2D eigenvalue weighted by atomic mass is 9.99. The number of nitrogens with zero attached hydrogens (tertiary/aromatic N) is 3. The standard InChI is InChI=1S/C12H19N3O2/c1-8(2)6-11-14-13-10-5-4-9(7-15(10)11)12(16)17-3/h8-9H,4-7H2,1-3H3. The quantitative estimate of drug-likeness (QED) is 0.741. The predicted octanol–water partition coefficient (Wildman–Crippen LogP) is 1.21. The van der Waals surface area contributed by atoms with Crippen molar-refractivity contribution in [3.05, 3.63) is 11.6 Å². The van der Waals surface area contributed by atoms with Gasteiger partial charge in [-0.25, -0.2) is 0 Å². The molecule has 0 aliphatic carbocycles. The first-order chi connectivity index (χ1) is 8.11. The highest BCUT2D eigenvalue weighted by Gasteiger charge is 2.28. The number of hydrogen-bond donors (Lipinski definition) is 0. The van der Waals surface area contributed by atoms with Gasteiger partial charge in [0.05, 0.1) is 13.0 Å². The van der Waals surface area contributed by atoms with Crippen molar-refractivity contribution in [1.29, 1.82) is 0 Å². The minimum absolute atomic E-state index is 0.0468. The smallest absolute Gasteiger partial charge is 0.310 e. The Morgan fingerprint density at radius 1 is 1.53 bits per heavy atom. The first-order valence-electron chi connectivity index (χ1n) is 6.10. The molecule has 1 aliphatic rings. The minimum Gasteiger partial charge on any atom is -0.469 e. The van der Waals surface area contributed by atoms with Crippen molar-refractivity contribution in [3.63, 3.8) is 0 Å². The predicted molar refractivity (Wildman–Crippen MR) is 62.4 cm³/mol. The van der Waals surface area contributed by atoms with Gasteiger partial charge in [0.25, 0.3) is 0 Å². The number of methoxy groups -OCH3 is 1. The summed E-state index contributed by atoms with van der Waals surface area (Å²) in [6.45, 7) is 4.97. The van der Waals surface area contributed by atoms with Crippen molar-refractivity contribution in [2.75, 3.05) is 7.11 Å². The van der Waals surface area contributed by atoms with Gasteiger partial charge in [0.1, 0.15) is 11.6 Å². The van der Waals surface area contributed by atoms with Crippen molar-refractivity contribution in [3.8, 4) is 0 Å². The third-order valence-corrected chi connectivity index (χ3v) is 3.15. The summed E-state index contributed by atoms with van der Waals surface area (Å²) < 4.78 is 6.90. The second-order valence-electron chi connectivity index (χ2n) is 5.00. The lowest BCUT2D eigenvalue weighted by Crippen LogP contribution is -2.29. The van der Waals surface area contributed by atoms with Crippen LogP contribution in [0.2, 0.25) is 0 Å². The zero-order chi connectivity index (χ0) is 12.4. The third-order valence-electron chi connectivity index (χ3n) is 3.15. The molecule has 5 nitrogen and oxygen atoms in total. The first-order valence-corrected chi connectivity index (χ1v) is 6.10. The fraction of sp³-hybridized carbons (Fsp3) is 0.750. The van der Waals surface area contributed by atoms with E-state index in [4.69, 9.17) is 4.74 Å². The molecular weight excluding hydrogens is 218 g/mol. The van der Waals surface area contributed by atoms with Crippen LogP contribution in [-0.4, -0.2) is 27.8 Å². The van der Waals surface area contributed by atoms with Crippen LogP contribution in [0.15, 0.2) is 0 Å². The number of aryl methyl sites for hydroxylation is 1. The van der Waals surface area contributed by atoms with Crippen LogP contribution in [0.3, 0.4) is 0 Å². The summed E-state index contributed by atoms with van der Waals surface area (Å²) in [5, 5.41) is 8.41. The molecule has 1 aromatic heterocycles. The van der Waals surface area contributed by atoms with Gasteiger partial charge in [-0.1, -0.05) is 13.8 Å². The lowest BCUT2D eigenvalue weighted by Gasteiger charge is -2.22. The molecule has 2 rings (SSSR count). The fourth-order valence-electron chi connectivity index (χ4n) is 2.26. The van der Waals surface area contributed by atoms with Gasteiger partial charge in [-0.05, 0) is 12.3 Å². The van der Waals surface area contributed by atoms with E-state index in [1.54, 1.807) is 0 Å². The van der Waals surface area contributed by atoms with E-state index in [-0.39, 0.29) is 11.9 Å². The minimum atomic E-state index is -0.125. The molecule has 0 saturated carbocycles. The Labute approximate surface area is 101 Å². The summed E-state index contributed by atoms with van der Waals surface area (Å²) in [4.78, 5) is 11.6. The maximum atomic E-state index is 11.6. The highest BCUT2D eigenvalue weighted by atomic mass is 16.5.